The molecule has 4 rings (SSSR count). The van der Waals surface area contributed by atoms with Crippen LogP contribution in [-0.4, -0.2) is 15.0 Å². The van der Waals surface area contributed by atoms with E-state index in [-0.39, 0.29) is 35.7 Å². The molecule has 0 aliphatic heterocycles. The largest absolute Gasteiger partial charge is 0.213 e. The fraction of sp³-hybridized carbons (Fsp3) is 0.125. The van der Waals surface area contributed by atoms with Crippen molar-refractivity contribution in [1.82, 2.24) is 15.0 Å². The van der Waals surface area contributed by atoms with E-state index in [2.05, 4.69) is 15.0 Å². The predicted octanol–water partition coefficient (Wildman–Crippen LogP) is 6.00. The summed E-state index contributed by atoms with van der Waals surface area (Å²) < 4.78 is 40.8. The second-order valence-electron chi connectivity index (χ2n) is 6.41. The van der Waals surface area contributed by atoms with Gasteiger partial charge in [0.05, 0.1) is 6.85 Å². The zero-order valence-corrected chi connectivity index (χ0v) is 15.1. The van der Waals surface area contributed by atoms with E-state index in [0.29, 0.717) is 28.6 Å². The summed E-state index contributed by atoms with van der Waals surface area (Å²) in [5, 5.41) is 0. The third-order valence-electron chi connectivity index (χ3n) is 4.14. The molecule has 0 unspecified atom stereocenters. The first-order valence-corrected chi connectivity index (χ1v) is 8.77. The molecule has 1 heterocycles. The van der Waals surface area contributed by atoms with Crippen LogP contribution in [0.1, 0.15) is 32.4 Å². The van der Waals surface area contributed by atoms with E-state index in [1.54, 1.807) is 18.2 Å². The van der Waals surface area contributed by atoms with E-state index in [1.807, 2.05) is 50.2 Å². The second-order valence-corrected chi connectivity index (χ2v) is 6.41. The van der Waals surface area contributed by atoms with Crippen molar-refractivity contribution in [3.63, 3.8) is 0 Å². The molecule has 0 bridgehead atoms. The van der Waals surface area contributed by atoms with E-state index >= 15 is 0 Å². The van der Waals surface area contributed by atoms with Gasteiger partial charge in [-0.15, -0.1) is 0 Å². The number of rotatable bonds is 4. The van der Waals surface area contributed by atoms with Crippen LogP contribution >= 0.6 is 0 Å². The number of benzene rings is 3. The van der Waals surface area contributed by atoms with Gasteiger partial charge in [0, 0.05) is 17.0 Å². The number of hydrogen-bond acceptors (Lipinski definition) is 3. The Morgan fingerprint density at radius 2 is 1.30 bits per heavy atom. The van der Waals surface area contributed by atoms with Crippen LogP contribution in [-0.2, 0) is 0 Å². The number of hydrogen-bond donors (Lipinski definition) is 0. The molecule has 3 nitrogen and oxygen atoms in total. The smallest absolute Gasteiger partial charge is 0.164 e. The van der Waals surface area contributed by atoms with Crippen LogP contribution in [0.15, 0.2) is 84.8 Å². The topological polar surface area (TPSA) is 38.7 Å². The Hall–Kier alpha value is -3.33. The van der Waals surface area contributed by atoms with Crippen LogP contribution in [0.4, 0.5) is 0 Å². The fourth-order valence-corrected chi connectivity index (χ4v) is 2.77. The van der Waals surface area contributed by atoms with Gasteiger partial charge >= 0.3 is 0 Å². The molecule has 0 aliphatic rings. The second kappa shape index (κ2) is 7.50. The molecule has 0 saturated carbocycles. The third kappa shape index (κ3) is 3.63. The Kier molecular flexibility index (Phi) is 3.37. The summed E-state index contributed by atoms with van der Waals surface area (Å²) in [6, 6.07) is 15.0. The Morgan fingerprint density at radius 1 is 0.667 bits per heavy atom. The highest BCUT2D eigenvalue weighted by Crippen LogP contribution is 2.31. The van der Waals surface area contributed by atoms with E-state index < -0.39 is 6.04 Å². The average Bonchev–Trinajstić information content (AvgIpc) is 2.82. The Morgan fingerprint density at radius 3 is 2.00 bits per heavy atom. The summed E-state index contributed by atoms with van der Waals surface area (Å²) in [4.78, 5) is 14.0. The van der Waals surface area contributed by atoms with Crippen LogP contribution in [0.5, 0.6) is 0 Å². The quantitative estimate of drug-likeness (QED) is 0.450. The van der Waals surface area contributed by atoms with Crippen molar-refractivity contribution in [3.05, 3.63) is 90.6 Å². The molecular weight excluding hydrogens is 330 g/mol. The Balaban J connectivity index is 2.00. The first-order valence-electron chi connectivity index (χ1n) is 11.3. The average molecular weight is 356 g/mol. The lowest BCUT2D eigenvalue weighted by Crippen LogP contribution is -2.05. The zero-order chi connectivity index (χ0) is 23.0. The Bertz CT molecular complexity index is 1280. The molecular formula is C24H21N3. The maximum atomic E-state index is 8.39. The van der Waals surface area contributed by atoms with Crippen molar-refractivity contribution in [1.29, 1.82) is 0 Å². The van der Waals surface area contributed by atoms with Gasteiger partial charge in [-0.2, -0.15) is 0 Å². The highest BCUT2D eigenvalue weighted by molar-refractivity contribution is 5.80. The number of aromatic nitrogens is 3. The van der Waals surface area contributed by atoms with Gasteiger partial charge in [-0.05, 0) is 11.1 Å². The fourth-order valence-electron chi connectivity index (χ4n) is 2.77. The molecule has 132 valence electrons. The molecule has 0 aliphatic carbocycles. The highest BCUT2D eigenvalue weighted by atomic mass is 15.0. The van der Waals surface area contributed by atoms with E-state index in [9.17, 15) is 0 Å². The van der Waals surface area contributed by atoms with Gasteiger partial charge in [0.1, 0.15) is 5.82 Å². The lowest BCUT2D eigenvalue weighted by Gasteiger charge is -2.12. The highest BCUT2D eigenvalue weighted by Gasteiger charge is 2.15. The van der Waals surface area contributed by atoms with Crippen LogP contribution in [0.3, 0.4) is 0 Å². The molecule has 0 amide bonds. The van der Waals surface area contributed by atoms with Crippen molar-refractivity contribution in [3.8, 4) is 33.9 Å². The molecule has 27 heavy (non-hydrogen) atoms. The van der Waals surface area contributed by atoms with Crippen LogP contribution in [0, 0.1) is 0 Å². The van der Waals surface area contributed by atoms with Crippen LogP contribution in [0.2, 0.25) is 0 Å². The van der Waals surface area contributed by atoms with E-state index in [0.717, 1.165) is 5.56 Å². The summed E-state index contributed by atoms with van der Waals surface area (Å²) in [5.41, 5.74) is 2.02. The first kappa shape index (κ1) is 12.1. The lowest BCUT2D eigenvalue weighted by molar-refractivity contribution is 0.766. The molecule has 0 N–H and O–H groups in total. The summed E-state index contributed by atoms with van der Waals surface area (Å²) in [5.74, 6) is 1.58. The third-order valence-corrected chi connectivity index (χ3v) is 4.14. The molecule has 3 heteroatoms. The van der Waals surface area contributed by atoms with Crippen LogP contribution in [0.25, 0.3) is 33.9 Å². The predicted molar refractivity (Wildman–Crippen MR) is 110 cm³/mol. The van der Waals surface area contributed by atoms with Crippen molar-refractivity contribution < 1.29 is 6.85 Å². The maximum absolute atomic E-state index is 8.39. The maximum Gasteiger partial charge on any atom is 0.164 e. The van der Waals surface area contributed by atoms with Crippen molar-refractivity contribution in [2.45, 2.75) is 19.8 Å². The van der Waals surface area contributed by atoms with Crippen molar-refractivity contribution in [2.24, 2.45) is 0 Å². The van der Waals surface area contributed by atoms with Gasteiger partial charge in [-0.3, -0.25) is 0 Å². The van der Waals surface area contributed by atoms with Crippen molar-refractivity contribution >= 4 is 0 Å². The Labute approximate surface area is 166 Å². The molecule has 4 aromatic rings. The molecule has 0 radical (unpaired) electrons. The minimum atomic E-state index is -0.421. The summed E-state index contributed by atoms with van der Waals surface area (Å²) in [7, 11) is 0. The minimum absolute atomic E-state index is 0.0483. The summed E-state index contributed by atoms with van der Waals surface area (Å²) in [6.45, 7) is 3.99. The normalized spacial score (nSPS) is 13.5. The van der Waals surface area contributed by atoms with Gasteiger partial charge in [-0.1, -0.05) is 98.7 Å². The lowest BCUT2D eigenvalue weighted by atomic mass is 9.99. The molecule has 0 spiro atoms. The van der Waals surface area contributed by atoms with Gasteiger partial charge in [-0.25, -0.2) is 15.0 Å². The molecule has 0 atom stereocenters. The van der Waals surface area contributed by atoms with Gasteiger partial charge < -0.3 is 0 Å². The molecule has 1 aromatic heterocycles. The van der Waals surface area contributed by atoms with E-state index in [1.165, 1.54) is 0 Å². The molecule has 3 aromatic carbocycles. The summed E-state index contributed by atoms with van der Waals surface area (Å²) >= 11 is 0. The standard InChI is InChI=1S/C24H21N3/c1-17(2)22-25-23(19-13-7-4-8-14-19)27-24(26-22)21-16-10-9-15-20(21)18-11-5-3-6-12-18/h3-17H,1-2H3/i3D,5D,6D,11D,12D. The molecule has 0 fully saturated rings. The monoisotopic (exact) mass is 356 g/mol. The van der Waals surface area contributed by atoms with Gasteiger partial charge in [0.2, 0.25) is 0 Å². The van der Waals surface area contributed by atoms with Crippen molar-refractivity contribution in [2.75, 3.05) is 0 Å². The van der Waals surface area contributed by atoms with Gasteiger partial charge in [0.15, 0.2) is 11.6 Å². The number of nitrogens with zero attached hydrogens (tertiary/aromatic N) is 3. The SMILES string of the molecule is [2H]c1c([2H])c([2H])c(-c2ccccc2-c2nc(-c3ccccc3)nc(C(C)C)n2)c([2H])c1[2H]. The summed E-state index contributed by atoms with van der Waals surface area (Å²) in [6.07, 6.45) is 0. The van der Waals surface area contributed by atoms with E-state index in [4.69, 9.17) is 6.85 Å². The van der Waals surface area contributed by atoms with Gasteiger partial charge in [0.25, 0.3) is 0 Å². The minimum Gasteiger partial charge on any atom is -0.213 e. The first-order chi connectivity index (χ1) is 15.3. The molecule has 0 saturated heterocycles. The van der Waals surface area contributed by atoms with Crippen LogP contribution < -0.4 is 0 Å². The zero-order valence-electron chi connectivity index (χ0n) is 20.1.